The fraction of sp³-hybridized carbons (Fsp3) is 0.250. The molecule has 3 nitrogen and oxygen atoms in total. The van der Waals surface area contributed by atoms with Crippen LogP contribution in [0.4, 0.5) is 10.1 Å². The number of aliphatic hydroxyl groups is 1. The third-order valence-corrected chi connectivity index (χ3v) is 5.64. The molecule has 0 radical (unpaired) electrons. The van der Waals surface area contributed by atoms with Crippen LogP contribution in [0.1, 0.15) is 29.2 Å². The van der Waals surface area contributed by atoms with Crippen molar-refractivity contribution < 1.29 is 9.50 Å². The third kappa shape index (κ3) is 7.67. The molecule has 3 aromatic carbocycles. The van der Waals surface area contributed by atoms with Crippen LogP contribution in [-0.4, -0.2) is 23.1 Å². The second-order valence-corrected chi connectivity index (χ2v) is 8.18. The van der Waals surface area contributed by atoms with Gasteiger partial charge in [-0.2, -0.15) is 0 Å². The van der Waals surface area contributed by atoms with Crippen LogP contribution in [0, 0.1) is 5.82 Å². The van der Waals surface area contributed by atoms with Crippen molar-refractivity contribution in [1.29, 1.82) is 0 Å². The number of benzene rings is 3. The van der Waals surface area contributed by atoms with Gasteiger partial charge in [0.25, 0.3) is 0 Å². The first-order valence-electron chi connectivity index (χ1n) is 9.85. The van der Waals surface area contributed by atoms with E-state index >= 15 is 0 Å². The number of aliphatic hydroxyl groups excluding tert-OH is 1. The summed E-state index contributed by atoms with van der Waals surface area (Å²) in [5.41, 5.74) is 9.01. The molecule has 0 aliphatic heterocycles. The van der Waals surface area contributed by atoms with Gasteiger partial charge in [0.15, 0.2) is 0 Å². The smallest absolute Gasteiger partial charge is 0.123 e. The predicted octanol–water partition coefficient (Wildman–Crippen LogP) is 6.30. The zero-order valence-corrected chi connectivity index (χ0v) is 19.3. The highest BCUT2D eigenvalue weighted by Gasteiger charge is 2.17. The van der Waals surface area contributed by atoms with Gasteiger partial charge in [-0.3, -0.25) is 4.90 Å². The van der Waals surface area contributed by atoms with Crippen molar-refractivity contribution in [2.45, 2.75) is 25.5 Å². The zero-order chi connectivity index (χ0) is 21.5. The summed E-state index contributed by atoms with van der Waals surface area (Å²) in [5.74, 6) is -0.228. The van der Waals surface area contributed by atoms with Crippen molar-refractivity contribution in [3.8, 4) is 0 Å². The molecule has 3 aromatic rings. The minimum absolute atomic E-state index is 0. The molecule has 166 valence electrons. The van der Waals surface area contributed by atoms with Gasteiger partial charge < -0.3 is 10.8 Å². The standard InChI is InChI=1S/C24H25Cl2FN2O.ClH/c25-21-13-19(14-22(26)24(21)28)23(30)16-29(15-18-5-2-1-3-6-18)12-4-7-17-8-10-20(27)11-9-17;/h1-3,5-6,8-11,13-14,23,30H,4,7,12,15-16,28H2;1H. The molecule has 0 aliphatic rings. The highest BCUT2D eigenvalue weighted by atomic mass is 35.5. The molecule has 0 aromatic heterocycles. The van der Waals surface area contributed by atoms with E-state index in [4.69, 9.17) is 28.9 Å². The van der Waals surface area contributed by atoms with Crippen molar-refractivity contribution in [1.82, 2.24) is 4.90 Å². The van der Waals surface area contributed by atoms with E-state index in [0.29, 0.717) is 34.4 Å². The molecular formula is C24H26Cl3FN2O. The second-order valence-electron chi connectivity index (χ2n) is 7.36. The molecule has 0 fully saturated rings. The molecule has 0 heterocycles. The Kier molecular flexibility index (Phi) is 10.1. The minimum Gasteiger partial charge on any atom is -0.396 e. The Labute approximate surface area is 199 Å². The maximum Gasteiger partial charge on any atom is 0.123 e. The van der Waals surface area contributed by atoms with Gasteiger partial charge >= 0.3 is 0 Å². The molecule has 7 heteroatoms. The summed E-state index contributed by atoms with van der Waals surface area (Å²) in [7, 11) is 0. The normalized spacial score (nSPS) is 11.9. The van der Waals surface area contributed by atoms with E-state index in [9.17, 15) is 9.50 Å². The fourth-order valence-electron chi connectivity index (χ4n) is 3.38. The Bertz CT molecular complexity index is 932. The lowest BCUT2D eigenvalue weighted by Crippen LogP contribution is -2.29. The number of anilines is 1. The highest BCUT2D eigenvalue weighted by Crippen LogP contribution is 2.31. The predicted molar refractivity (Wildman–Crippen MR) is 130 cm³/mol. The van der Waals surface area contributed by atoms with E-state index < -0.39 is 6.10 Å². The lowest BCUT2D eigenvalue weighted by Gasteiger charge is -2.26. The molecule has 31 heavy (non-hydrogen) atoms. The quantitative estimate of drug-likeness (QED) is 0.351. The van der Waals surface area contributed by atoms with Crippen LogP contribution in [-0.2, 0) is 13.0 Å². The second kappa shape index (κ2) is 12.3. The van der Waals surface area contributed by atoms with E-state index in [-0.39, 0.29) is 18.2 Å². The van der Waals surface area contributed by atoms with Crippen LogP contribution in [0.5, 0.6) is 0 Å². The monoisotopic (exact) mass is 482 g/mol. The van der Waals surface area contributed by atoms with Gasteiger partial charge in [0.2, 0.25) is 0 Å². The van der Waals surface area contributed by atoms with Crippen molar-refractivity contribution >= 4 is 41.3 Å². The van der Waals surface area contributed by atoms with E-state index in [1.165, 1.54) is 17.7 Å². The van der Waals surface area contributed by atoms with E-state index in [0.717, 1.165) is 24.9 Å². The van der Waals surface area contributed by atoms with E-state index in [2.05, 4.69) is 17.0 Å². The average molecular weight is 484 g/mol. The Morgan fingerprint density at radius 1 is 0.935 bits per heavy atom. The molecule has 0 aliphatic carbocycles. The van der Waals surface area contributed by atoms with Gasteiger partial charge in [0, 0.05) is 13.1 Å². The molecular weight excluding hydrogens is 458 g/mol. The summed E-state index contributed by atoms with van der Waals surface area (Å²) >= 11 is 12.3. The summed E-state index contributed by atoms with van der Waals surface area (Å²) in [6.45, 7) is 1.91. The van der Waals surface area contributed by atoms with Crippen LogP contribution >= 0.6 is 35.6 Å². The molecule has 0 saturated heterocycles. The summed E-state index contributed by atoms with van der Waals surface area (Å²) in [4.78, 5) is 2.20. The van der Waals surface area contributed by atoms with Crippen LogP contribution in [0.25, 0.3) is 0 Å². The Morgan fingerprint density at radius 2 is 1.55 bits per heavy atom. The highest BCUT2D eigenvalue weighted by molar-refractivity contribution is 6.38. The number of halogens is 4. The van der Waals surface area contributed by atoms with Crippen molar-refractivity contribution in [3.63, 3.8) is 0 Å². The number of hydrogen-bond donors (Lipinski definition) is 2. The fourth-order valence-corrected chi connectivity index (χ4v) is 3.88. The molecule has 0 saturated carbocycles. The first kappa shape index (κ1) is 25.4. The molecule has 0 amide bonds. The largest absolute Gasteiger partial charge is 0.396 e. The van der Waals surface area contributed by atoms with Crippen molar-refractivity contribution in [3.05, 3.63) is 99.3 Å². The number of hydrogen-bond acceptors (Lipinski definition) is 3. The van der Waals surface area contributed by atoms with E-state index in [1.807, 2.05) is 30.3 Å². The number of nitrogen functional groups attached to an aromatic ring is 1. The molecule has 3 rings (SSSR count). The van der Waals surface area contributed by atoms with Gasteiger partial charge in [-0.05, 0) is 60.3 Å². The van der Waals surface area contributed by atoms with Crippen LogP contribution < -0.4 is 5.73 Å². The Morgan fingerprint density at radius 3 is 2.16 bits per heavy atom. The summed E-state index contributed by atoms with van der Waals surface area (Å²) in [6.07, 6.45) is 0.963. The van der Waals surface area contributed by atoms with Gasteiger partial charge in [0.1, 0.15) is 5.82 Å². The van der Waals surface area contributed by atoms with Crippen LogP contribution in [0.15, 0.2) is 66.7 Å². The summed E-state index contributed by atoms with van der Waals surface area (Å²) in [6, 6.07) is 20.0. The van der Waals surface area contributed by atoms with Gasteiger partial charge in [-0.15, -0.1) is 12.4 Å². The van der Waals surface area contributed by atoms with Crippen LogP contribution in [0.3, 0.4) is 0 Å². The third-order valence-electron chi connectivity index (χ3n) is 5.02. The molecule has 1 atom stereocenters. The van der Waals surface area contributed by atoms with Gasteiger partial charge in [-0.25, -0.2) is 4.39 Å². The number of rotatable bonds is 9. The maximum absolute atomic E-state index is 13.1. The van der Waals surface area contributed by atoms with Crippen molar-refractivity contribution in [2.75, 3.05) is 18.8 Å². The molecule has 1 unspecified atom stereocenters. The Hall–Kier alpha value is -1.82. The first-order valence-corrected chi connectivity index (χ1v) is 10.6. The summed E-state index contributed by atoms with van der Waals surface area (Å²) < 4.78 is 13.1. The zero-order valence-electron chi connectivity index (χ0n) is 17.0. The van der Waals surface area contributed by atoms with Gasteiger partial charge in [-0.1, -0.05) is 65.7 Å². The maximum atomic E-state index is 13.1. The molecule has 0 spiro atoms. The lowest BCUT2D eigenvalue weighted by atomic mass is 10.1. The molecule has 3 N–H and O–H groups in total. The topological polar surface area (TPSA) is 49.5 Å². The van der Waals surface area contributed by atoms with Crippen molar-refractivity contribution in [2.24, 2.45) is 0 Å². The number of aryl methyl sites for hydroxylation is 1. The summed E-state index contributed by atoms with van der Waals surface area (Å²) in [5, 5.41) is 11.5. The first-order chi connectivity index (χ1) is 14.4. The van der Waals surface area contributed by atoms with Gasteiger partial charge in [0.05, 0.1) is 21.8 Å². The lowest BCUT2D eigenvalue weighted by molar-refractivity contribution is 0.108. The minimum atomic E-state index is -0.755. The average Bonchev–Trinajstić information content (AvgIpc) is 2.73. The number of nitrogens with zero attached hydrogens (tertiary/aromatic N) is 1. The van der Waals surface area contributed by atoms with E-state index in [1.54, 1.807) is 12.1 Å². The number of nitrogens with two attached hydrogens (primary N) is 1. The SMILES string of the molecule is Cl.Nc1c(Cl)cc(C(O)CN(CCCc2ccc(F)cc2)Cc2ccccc2)cc1Cl. The van der Waals surface area contributed by atoms with Crippen LogP contribution in [0.2, 0.25) is 10.0 Å². The molecule has 0 bridgehead atoms. The Balaban J connectivity index is 0.00000341.